The van der Waals surface area contributed by atoms with Crippen molar-refractivity contribution in [3.05, 3.63) is 36.1 Å². The predicted molar refractivity (Wildman–Crippen MR) is 78.6 cm³/mol. The Morgan fingerprint density at radius 3 is 2.60 bits per heavy atom. The Morgan fingerprint density at radius 2 is 2.00 bits per heavy atom. The Morgan fingerprint density at radius 1 is 1.30 bits per heavy atom. The molecular weight excluding hydrogens is 254 g/mol. The molecule has 0 amide bonds. The summed E-state index contributed by atoms with van der Waals surface area (Å²) in [6.07, 6.45) is 0. The van der Waals surface area contributed by atoms with Gasteiger partial charge in [0.15, 0.2) is 0 Å². The minimum Gasteiger partial charge on any atom is -0.480 e. The molecule has 0 aliphatic rings. The zero-order valence-corrected chi connectivity index (χ0v) is 12.2. The van der Waals surface area contributed by atoms with Crippen LogP contribution in [0.25, 0.3) is 11.0 Å². The van der Waals surface area contributed by atoms with Gasteiger partial charge in [0.05, 0.1) is 13.1 Å². The van der Waals surface area contributed by atoms with Gasteiger partial charge in [0, 0.05) is 11.9 Å². The second-order valence-corrected chi connectivity index (χ2v) is 6.35. The molecule has 0 aliphatic heterocycles. The lowest BCUT2D eigenvalue weighted by Crippen LogP contribution is -2.36. The van der Waals surface area contributed by atoms with Gasteiger partial charge in [-0.1, -0.05) is 39.0 Å². The molecule has 108 valence electrons. The normalized spacial score (nSPS) is 12.2. The summed E-state index contributed by atoms with van der Waals surface area (Å²) >= 11 is 0. The molecule has 2 rings (SSSR count). The second-order valence-electron chi connectivity index (χ2n) is 6.35. The highest BCUT2D eigenvalue weighted by atomic mass is 16.4. The summed E-state index contributed by atoms with van der Waals surface area (Å²) in [6.45, 7) is 7.53. The first-order valence-corrected chi connectivity index (χ1v) is 6.75. The molecule has 0 radical (unpaired) electrons. The van der Waals surface area contributed by atoms with Crippen LogP contribution < -0.4 is 0 Å². The molecule has 1 aromatic heterocycles. The zero-order chi connectivity index (χ0) is 14.8. The highest BCUT2D eigenvalue weighted by Gasteiger charge is 2.20. The zero-order valence-electron chi connectivity index (χ0n) is 12.2. The lowest BCUT2D eigenvalue weighted by Gasteiger charge is -2.27. The third-order valence-electron chi connectivity index (χ3n) is 2.91. The summed E-state index contributed by atoms with van der Waals surface area (Å²) in [6, 6.07) is 9.79. The number of furan rings is 1. The molecule has 0 bridgehead atoms. The molecule has 0 saturated carbocycles. The number of hydrogen-bond donors (Lipinski definition) is 1. The number of carbonyl (C=O) groups is 1. The molecule has 0 spiro atoms. The van der Waals surface area contributed by atoms with Gasteiger partial charge in [-0.15, -0.1) is 0 Å². The van der Waals surface area contributed by atoms with Gasteiger partial charge in [0.25, 0.3) is 0 Å². The van der Waals surface area contributed by atoms with E-state index in [1.807, 2.05) is 35.2 Å². The molecule has 1 heterocycles. The van der Waals surface area contributed by atoms with Crippen LogP contribution in [-0.4, -0.2) is 29.1 Å². The number of benzene rings is 1. The molecule has 2 aromatic rings. The van der Waals surface area contributed by atoms with Crippen molar-refractivity contribution >= 4 is 16.9 Å². The van der Waals surface area contributed by atoms with E-state index in [0.717, 1.165) is 16.7 Å². The maximum Gasteiger partial charge on any atom is 0.317 e. The Labute approximate surface area is 119 Å². The van der Waals surface area contributed by atoms with Crippen LogP contribution in [0.4, 0.5) is 0 Å². The van der Waals surface area contributed by atoms with E-state index in [1.54, 1.807) is 0 Å². The van der Waals surface area contributed by atoms with E-state index in [4.69, 9.17) is 9.52 Å². The summed E-state index contributed by atoms with van der Waals surface area (Å²) in [7, 11) is 0. The number of fused-ring (bicyclic) bond motifs is 1. The SMILES string of the molecule is CC(C)(C)CN(CC(=O)O)Cc1cc2ccccc2o1. The van der Waals surface area contributed by atoms with E-state index in [0.29, 0.717) is 13.1 Å². The number of para-hydroxylation sites is 1. The van der Waals surface area contributed by atoms with Crippen LogP contribution in [0.1, 0.15) is 26.5 Å². The fourth-order valence-corrected chi connectivity index (χ4v) is 2.36. The first kappa shape index (κ1) is 14.6. The molecule has 0 fully saturated rings. The predicted octanol–water partition coefficient (Wildman–Crippen LogP) is 3.37. The molecule has 1 aromatic carbocycles. The van der Waals surface area contributed by atoms with Gasteiger partial charge in [-0.2, -0.15) is 0 Å². The monoisotopic (exact) mass is 275 g/mol. The molecule has 0 saturated heterocycles. The summed E-state index contributed by atoms with van der Waals surface area (Å²) in [5, 5.41) is 10.1. The van der Waals surface area contributed by atoms with Crippen LogP contribution in [0.2, 0.25) is 0 Å². The van der Waals surface area contributed by atoms with E-state index in [2.05, 4.69) is 20.8 Å². The third kappa shape index (κ3) is 4.10. The Hall–Kier alpha value is -1.81. The number of nitrogens with zero attached hydrogens (tertiary/aromatic N) is 1. The number of hydrogen-bond acceptors (Lipinski definition) is 3. The van der Waals surface area contributed by atoms with Gasteiger partial charge in [-0.25, -0.2) is 0 Å². The summed E-state index contributed by atoms with van der Waals surface area (Å²) in [5.41, 5.74) is 0.884. The topological polar surface area (TPSA) is 53.7 Å². The van der Waals surface area contributed by atoms with Gasteiger partial charge in [-0.3, -0.25) is 9.69 Å². The average Bonchev–Trinajstić information content (AvgIpc) is 2.67. The van der Waals surface area contributed by atoms with E-state index in [1.165, 1.54) is 0 Å². The maximum absolute atomic E-state index is 11.0. The third-order valence-corrected chi connectivity index (χ3v) is 2.91. The first-order chi connectivity index (χ1) is 9.33. The summed E-state index contributed by atoms with van der Waals surface area (Å²) in [4.78, 5) is 12.9. The smallest absolute Gasteiger partial charge is 0.317 e. The Bertz CT molecular complexity index is 562. The van der Waals surface area contributed by atoms with E-state index < -0.39 is 5.97 Å². The van der Waals surface area contributed by atoms with Crippen molar-refractivity contribution in [2.45, 2.75) is 27.3 Å². The molecule has 4 heteroatoms. The molecular formula is C16H21NO3. The van der Waals surface area contributed by atoms with Crippen LogP contribution in [-0.2, 0) is 11.3 Å². The van der Waals surface area contributed by atoms with Crippen LogP contribution in [0.15, 0.2) is 34.7 Å². The summed E-state index contributed by atoms with van der Waals surface area (Å²) in [5.74, 6) is -0.0120. The van der Waals surface area contributed by atoms with Gasteiger partial charge in [0.2, 0.25) is 0 Å². The van der Waals surface area contributed by atoms with Crippen molar-refractivity contribution in [1.82, 2.24) is 4.90 Å². The fourth-order valence-electron chi connectivity index (χ4n) is 2.36. The quantitative estimate of drug-likeness (QED) is 0.909. The molecule has 0 atom stereocenters. The number of carboxylic acids is 1. The lowest BCUT2D eigenvalue weighted by molar-refractivity contribution is -0.138. The number of carboxylic acid groups (broad SMARTS) is 1. The van der Waals surface area contributed by atoms with Crippen molar-refractivity contribution in [2.75, 3.05) is 13.1 Å². The highest BCUT2D eigenvalue weighted by molar-refractivity contribution is 5.77. The second kappa shape index (κ2) is 5.67. The largest absolute Gasteiger partial charge is 0.480 e. The average molecular weight is 275 g/mol. The van der Waals surface area contributed by atoms with E-state index in [9.17, 15) is 4.79 Å². The van der Waals surface area contributed by atoms with Crippen molar-refractivity contribution in [2.24, 2.45) is 5.41 Å². The van der Waals surface area contributed by atoms with Gasteiger partial charge >= 0.3 is 5.97 Å². The molecule has 0 aliphatic carbocycles. The standard InChI is InChI=1S/C16H21NO3/c1-16(2,3)11-17(10-15(18)19)9-13-8-12-6-4-5-7-14(12)20-13/h4-8H,9-11H2,1-3H3,(H,18,19). The van der Waals surface area contributed by atoms with Crippen LogP contribution in [0.3, 0.4) is 0 Å². The highest BCUT2D eigenvalue weighted by Crippen LogP contribution is 2.22. The van der Waals surface area contributed by atoms with Crippen molar-refractivity contribution in [1.29, 1.82) is 0 Å². The maximum atomic E-state index is 11.0. The van der Waals surface area contributed by atoms with Crippen molar-refractivity contribution in [3.8, 4) is 0 Å². The minimum absolute atomic E-state index is 0.0221. The van der Waals surface area contributed by atoms with Crippen LogP contribution in [0, 0.1) is 5.41 Å². The van der Waals surface area contributed by atoms with Crippen LogP contribution >= 0.6 is 0 Å². The van der Waals surface area contributed by atoms with Crippen LogP contribution in [0.5, 0.6) is 0 Å². The molecule has 4 nitrogen and oxygen atoms in total. The molecule has 20 heavy (non-hydrogen) atoms. The molecule has 1 N–H and O–H groups in total. The number of rotatable bonds is 5. The Balaban J connectivity index is 2.15. The lowest BCUT2D eigenvalue weighted by atomic mass is 9.96. The Kier molecular flexibility index (Phi) is 4.14. The minimum atomic E-state index is -0.814. The van der Waals surface area contributed by atoms with Gasteiger partial charge in [-0.05, 0) is 17.5 Å². The fraction of sp³-hybridized carbons (Fsp3) is 0.438. The van der Waals surface area contributed by atoms with Crippen molar-refractivity contribution in [3.63, 3.8) is 0 Å². The van der Waals surface area contributed by atoms with Gasteiger partial charge in [0.1, 0.15) is 11.3 Å². The first-order valence-electron chi connectivity index (χ1n) is 6.75. The van der Waals surface area contributed by atoms with Crippen molar-refractivity contribution < 1.29 is 14.3 Å². The number of aliphatic carboxylic acids is 1. The molecule has 0 unspecified atom stereocenters. The van der Waals surface area contributed by atoms with E-state index >= 15 is 0 Å². The summed E-state index contributed by atoms with van der Waals surface area (Å²) < 4.78 is 5.76. The van der Waals surface area contributed by atoms with Gasteiger partial charge < -0.3 is 9.52 Å². The van der Waals surface area contributed by atoms with E-state index in [-0.39, 0.29) is 12.0 Å².